The highest BCUT2D eigenvalue weighted by molar-refractivity contribution is 5.91. The van der Waals surface area contributed by atoms with Gasteiger partial charge in [0.15, 0.2) is 5.65 Å². The van der Waals surface area contributed by atoms with Gasteiger partial charge in [0, 0.05) is 5.69 Å². The summed E-state index contributed by atoms with van der Waals surface area (Å²) in [7, 11) is 0. The average molecular weight is 399 g/mol. The molecule has 1 aromatic carbocycles. The van der Waals surface area contributed by atoms with E-state index in [1.807, 2.05) is 26.0 Å². The van der Waals surface area contributed by atoms with Crippen molar-refractivity contribution in [2.75, 3.05) is 11.9 Å². The lowest BCUT2D eigenvalue weighted by atomic mass is 10.1. The summed E-state index contributed by atoms with van der Waals surface area (Å²) in [5.41, 5.74) is 2.24. The van der Waals surface area contributed by atoms with Gasteiger partial charge in [-0.15, -0.1) is 5.10 Å². The van der Waals surface area contributed by atoms with Crippen molar-refractivity contribution in [3.63, 3.8) is 0 Å². The molecule has 9 heteroatoms. The lowest BCUT2D eigenvalue weighted by molar-refractivity contribution is 0.0810. The molecule has 2 atom stereocenters. The largest absolute Gasteiger partial charge is 0.489 e. The number of aromatic nitrogens is 3. The number of benzene rings is 1. The zero-order chi connectivity index (χ0) is 20.7. The Labute approximate surface area is 166 Å². The summed E-state index contributed by atoms with van der Waals surface area (Å²) >= 11 is 0. The van der Waals surface area contributed by atoms with Gasteiger partial charge >= 0.3 is 0 Å². The number of anilines is 1. The number of nitrogens with one attached hydrogen (secondary N) is 2. The number of aryl methyl sites for hydroxylation is 1. The van der Waals surface area contributed by atoms with Crippen LogP contribution in [0.3, 0.4) is 0 Å². The van der Waals surface area contributed by atoms with E-state index in [9.17, 15) is 14.3 Å². The first-order valence-corrected chi connectivity index (χ1v) is 9.37. The van der Waals surface area contributed by atoms with Crippen molar-refractivity contribution in [3.05, 3.63) is 53.2 Å². The first-order chi connectivity index (χ1) is 13.8. The highest BCUT2D eigenvalue weighted by Crippen LogP contribution is 2.32. The molecule has 3 N–H and O–H groups in total. The maximum absolute atomic E-state index is 14.2. The standard InChI is InChI=1S/C20H22FN5O3/c1-10(2)14-5-4-6-16-23-18(25-26(14)16)20(28)22-13-9-29-15-8-11(3)7-12(21)17(15)24-19(13)27/h4-8,10,13,19,24,27H,9H2,1-3H3,(H,22,28)/t13-,19?/m0/s1. The van der Waals surface area contributed by atoms with Gasteiger partial charge in [0.1, 0.15) is 36.1 Å². The van der Waals surface area contributed by atoms with Gasteiger partial charge < -0.3 is 20.5 Å². The summed E-state index contributed by atoms with van der Waals surface area (Å²) in [5, 5.41) is 20.1. The van der Waals surface area contributed by atoms with E-state index in [2.05, 4.69) is 20.7 Å². The van der Waals surface area contributed by atoms with E-state index in [0.717, 1.165) is 5.69 Å². The van der Waals surface area contributed by atoms with Gasteiger partial charge in [0.05, 0.1) is 0 Å². The molecule has 3 aromatic rings. The lowest BCUT2D eigenvalue weighted by Gasteiger charge is -2.21. The van der Waals surface area contributed by atoms with Crippen molar-refractivity contribution in [2.45, 2.75) is 39.0 Å². The first-order valence-electron chi connectivity index (χ1n) is 9.37. The summed E-state index contributed by atoms with van der Waals surface area (Å²) in [6.07, 6.45) is -1.25. The number of aliphatic hydroxyl groups excluding tert-OH is 1. The van der Waals surface area contributed by atoms with Crippen molar-refractivity contribution >= 4 is 17.2 Å². The number of amides is 1. The fourth-order valence-electron chi connectivity index (χ4n) is 3.30. The highest BCUT2D eigenvalue weighted by atomic mass is 19.1. The van der Waals surface area contributed by atoms with Gasteiger partial charge in [-0.2, -0.15) is 0 Å². The summed E-state index contributed by atoms with van der Waals surface area (Å²) < 4.78 is 21.4. The SMILES string of the molecule is Cc1cc(F)c2c(c1)OC[C@H](NC(=O)c1nc3cccc(C(C)C)n3n1)C(O)N2. The minimum Gasteiger partial charge on any atom is -0.489 e. The van der Waals surface area contributed by atoms with Crippen LogP contribution in [0.25, 0.3) is 5.65 Å². The van der Waals surface area contributed by atoms with Crippen LogP contribution in [0.15, 0.2) is 30.3 Å². The number of fused-ring (bicyclic) bond motifs is 2. The number of nitrogens with zero attached hydrogens (tertiary/aromatic N) is 3. The quantitative estimate of drug-likeness (QED) is 0.624. The molecule has 152 valence electrons. The van der Waals surface area contributed by atoms with Gasteiger partial charge in [0.25, 0.3) is 5.91 Å². The van der Waals surface area contributed by atoms with E-state index < -0.39 is 24.0 Å². The molecule has 3 heterocycles. The third-order valence-corrected chi connectivity index (χ3v) is 4.79. The Balaban J connectivity index is 1.55. The van der Waals surface area contributed by atoms with Crippen LogP contribution in [0.4, 0.5) is 10.1 Å². The molecule has 0 fully saturated rings. The molecule has 29 heavy (non-hydrogen) atoms. The molecule has 0 saturated heterocycles. The zero-order valence-electron chi connectivity index (χ0n) is 16.3. The molecular weight excluding hydrogens is 377 g/mol. The van der Waals surface area contributed by atoms with E-state index in [0.29, 0.717) is 11.2 Å². The first kappa shape index (κ1) is 19.1. The van der Waals surface area contributed by atoms with E-state index in [1.165, 1.54) is 6.07 Å². The molecule has 0 radical (unpaired) electrons. The van der Waals surface area contributed by atoms with E-state index in [-0.39, 0.29) is 29.8 Å². The fourth-order valence-corrected chi connectivity index (χ4v) is 3.30. The van der Waals surface area contributed by atoms with Gasteiger partial charge in [-0.05, 0) is 42.7 Å². The zero-order valence-corrected chi connectivity index (χ0v) is 16.3. The molecule has 0 saturated carbocycles. The molecule has 8 nitrogen and oxygen atoms in total. The number of ether oxygens (including phenoxy) is 1. The second-order valence-corrected chi connectivity index (χ2v) is 7.41. The Hall–Kier alpha value is -3.20. The molecule has 1 amide bonds. The van der Waals surface area contributed by atoms with Crippen molar-refractivity contribution in [1.29, 1.82) is 0 Å². The van der Waals surface area contributed by atoms with Gasteiger partial charge in [0.2, 0.25) is 5.82 Å². The molecule has 1 unspecified atom stereocenters. The predicted octanol–water partition coefficient (Wildman–Crippen LogP) is 2.22. The molecule has 0 aliphatic carbocycles. The van der Waals surface area contributed by atoms with Crippen molar-refractivity contribution in [1.82, 2.24) is 19.9 Å². The Morgan fingerprint density at radius 2 is 2.21 bits per heavy atom. The second-order valence-electron chi connectivity index (χ2n) is 7.41. The van der Waals surface area contributed by atoms with Crippen LogP contribution in [0.2, 0.25) is 0 Å². The Morgan fingerprint density at radius 1 is 1.41 bits per heavy atom. The minimum atomic E-state index is -1.25. The summed E-state index contributed by atoms with van der Waals surface area (Å²) in [6.45, 7) is 5.76. The van der Waals surface area contributed by atoms with Crippen LogP contribution in [-0.4, -0.2) is 44.5 Å². The number of pyridine rings is 1. The molecular formula is C20H22FN5O3. The molecule has 2 aromatic heterocycles. The number of hydrogen-bond acceptors (Lipinski definition) is 6. The van der Waals surface area contributed by atoms with Crippen LogP contribution < -0.4 is 15.4 Å². The van der Waals surface area contributed by atoms with E-state index in [1.54, 1.807) is 23.6 Å². The Morgan fingerprint density at radius 3 is 2.97 bits per heavy atom. The van der Waals surface area contributed by atoms with Crippen molar-refractivity contribution < 1.29 is 19.0 Å². The van der Waals surface area contributed by atoms with Crippen molar-refractivity contribution in [3.8, 4) is 5.75 Å². The van der Waals surface area contributed by atoms with Crippen LogP contribution in [0, 0.1) is 12.7 Å². The summed E-state index contributed by atoms with van der Waals surface area (Å²) in [4.78, 5) is 17.0. The number of aliphatic hydroxyl groups is 1. The fraction of sp³-hybridized carbons (Fsp3) is 0.350. The van der Waals surface area contributed by atoms with Gasteiger partial charge in [-0.3, -0.25) is 4.79 Å². The minimum absolute atomic E-state index is 0.0194. The summed E-state index contributed by atoms with van der Waals surface area (Å²) in [5.74, 6) is -0.621. The number of carbonyl (C=O) groups excluding carboxylic acids is 1. The molecule has 0 spiro atoms. The molecule has 0 bridgehead atoms. The number of carbonyl (C=O) groups is 1. The summed E-state index contributed by atoms with van der Waals surface area (Å²) in [6, 6.07) is 7.73. The van der Waals surface area contributed by atoms with E-state index in [4.69, 9.17) is 4.74 Å². The molecule has 4 rings (SSSR count). The van der Waals surface area contributed by atoms with Crippen LogP contribution in [0.5, 0.6) is 5.75 Å². The van der Waals surface area contributed by atoms with Crippen LogP contribution in [0.1, 0.15) is 41.6 Å². The number of halogens is 1. The monoisotopic (exact) mass is 399 g/mol. The third kappa shape index (κ3) is 3.61. The number of hydrogen-bond donors (Lipinski definition) is 3. The molecule has 1 aliphatic rings. The predicted molar refractivity (Wildman–Crippen MR) is 105 cm³/mol. The second kappa shape index (κ2) is 7.32. The Kier molecular flexibility index (Phi) is 4.83. The third-order valence-electron chi connectivity index (χ3n) is 4.79. The number of rotatable bonds is 3. The maximum Gasteiger partial charge on any atom is 0.291 e. The normalized spacial score (nSPS) is 18.7. The highest BCUT2D eigenvalue weighted by Gasteiger charge is 2.29. The topological polar surface area (TPSA) is 101 Å². The van der Waals surface area contributed by atoms with Crippen LogP contribution >= 0.6 is 0 Å². The smallest absolute Gasteiger partial charge is 0.291 e. The van der Waals surface area contributed by atoms with Gasteiger partial charge in [-0.1, -0.05) is 19.9 Å². The average Bonchev–Trinajstić information content (AvgIpc) is 3.04. The van der Waals surface area contributed by atoms with Gasteiger partial charge in [-0.25, -0.2) is 13.9 Å². The maximum atomic E-state index is 14.2. The van der Waals surface area contributed by atoms with E-state index >= 15 is 0 Å². The van der Waals surface area contributed by atoms with Crippen LogP contribution in [-0.2, 0) is 0 Å². The lowest BCUT2D eigenvalue weighted by Crippen LogP contribution is -2.49. The Bertz CT molecular complexity index is 1080. The molecule has 1 aliphatic heterocycles. The van der Waals surface area contributed by atoms with Crippen molar-refractivity contribution in [2.24, 2.45) is 0 Å².